The van der Waals surface area contributed by atoms with Gasteiger partial charge in [-0.1, -0.05) is 11.6 Å². The van der Waals surface area contributed by atoms with Crippen LogP contribution in [0.2, 0.25) is 5.02 Å². The van der Waals surface area contributed by atoms with Crippen molar-refractivity contribution in [2.75, 3.05) is 19.3 Å². The van der Waals surface area contributed by atoms with Crippen molar-refractivity contribution in [2.24, 2.45) is 0 Å². The summed E-state index contributed by atoms with van der Waals surface area (Å²) in [5, 5.41) is 0.430. The van der Waals surface area contributed by atoms with E-state index in [9.17, 15) is 13.6 Å². The van der Waals surface area contributed by atoms with Crippen LogP contribution in [0.25, 0.3) is 0 Å². The minimum absolute atomic E-state index is 0.0342. The summed E-state index contributed by atoms with van der Waals surface area (Å²) in [5.41, 5.74) is 0.488. The predicted octanol–water partition coefficient (Wildman–Crippen LogP) is 5.02. The molecule has 1 fully saturated rings. The molecule has 1 saturated heterocycles. The van der Waals surface area contributed by atoms with E-state index in [1.807, 2.05) is 12.3 Å². The minimum atomic E-state index is -0.718. The average molecular weight is 398 g/mol. The zero-order valence-corrected chi connectivity index (χ0v) is 15.7. The standard InChI is InChI=1S/C19H18ClF2NO2S/c1-26-14-3-4-16(20)15(11-14)19(24)23-8-6-13(7-9-23)25-18-5-2-12(21)10-17(18)22/h2-5,10-11,13H,6-9H2,1H3. The van der Waals surface area contributed by atoms with Gasteiger partial charge in [0.15, 0.2) is 11.6 Å². The van der Waals surface area contributed by atoms with E-state index in [2.05, 4.69) is 0 Å². The molecule has 1 heterocycles. The van der Waals surface area contributed by atoms with Gasteiger partial charge in [-0.15, -0.1) is 11.8 Å². The molecule has 3 rings (SSSR count). The largest absolute Gasteiger partial charge is 0.487 e. The van der Waals surface area contributed by atoms with Crippen molar-refractivity contribution in [3.05, 3.63) is 58.6 Å². The molecule has 26 heavy (non-hydrogen) atoms. The van der Waals surface area contributed by atoms with E-state index in [0.717, 1.165) is 17.0 Å². The van der Waals surface area contributed by atoms with Gasteiger partial charge in [0.1, 0.15) is 11.9 Å². The van der Waals surface area contributed by atoms with Crippen LogP contribution in [0.4, 0.5) is 8.78 Å². The summed E-state index contributed by atoms with van der Waals surface area (Å²) in [4.78, 5) is 15.4. The van der Waals surface area contributed by atoms with Gasteiger partial charge in [0.05, 0.1) is 10.6 Å². The van der Waals surface area contributed by atoms with Gasteiger partial charge in [-0.25, -0.2) is 8.78 Å². The zero-order chi connectivity index (χ0) is 18.7. The van der Waals surface area contributed by atoms with Gasteiger partial charge >= 0.3 is 0 Å². The van der Waals surface area contributed by atoms with Crippen LogP contribution >= 0.6 is 23.4 Å². The fraction of sp³-hybridized carbons (Fsp3) is 0.316. The lowest BCUT2D eigenvalue weighted by molar-refractivity contribution is 0.0588. The first kappa shape index (κ1) is 19.0. The number of likely N-dealkylation sites (tertiary alicyclic amines) is 1. The first-order chi connectivity index (χ1) is 12.5. The Morgan fingerprint density at radius 1 is 1.19 bits per heavy atom. The first-order valence-electron chi connectivity index (χ1n) is 8.22. The fourth-order valence-corrected chi connectivity index (χ4v) is 3.53. The van der Waals surface area contributed by atoms with Gasteiger partial charge < -0.3 is 9.64 Å². The fourth-order valence-electron chi connectivity index (χ4n) is 2.89. The zero-order valence-electron chi connectivity index (χ0n) is 14.2. The summed E-state index contributed by atoms with van der Waals surface area (Å²) in [5.74, 6) is -1.44. The van der Waals surface area contributed by atoms with Crippen LogP contribution in [-0.4, -0.2) is 36.3 Å². The third-order valence-electron chi connectivity index (χ3n) is 4.32. The monoisotopic (exact) mass is 397 g/mol. The van der Waals surface area contributed by atoms with Crippen LogP contribution in [-0.2, 0) is 0 Å². The Labute approximate surface area is 160 Å². The summed E-state index contributed by atoms with van der Waals surface area (Å²) in [6.45, 7) is 0.984. The number of carbonyl (C=O) groups is 1. The lowest BCUT2D eigenvalue weighted by Gasteiger charge is -2.32. The molecular formula is C19H18ClF2NO2S. The van der Waals surface area contributed by atoms with Crippen LogP contribution in [0.5, 0.6) is 5.75 Å². The molecule has 138 valence electrons. The van der Waals surface area contributed by atoms with Crippen LogP contribution in [0.1, 0.15) is 23.2 Å². The maximum atomic E-state index is 13.7. The van der Waals surface area contributed by atoms with E-state index in [1.54, 1.807) is 28.8 Å². The van der Waals surface area contributed by atoms with E-state index in [-0.39, 0.29) is 17.8 Å². The number of carbonyl (C=O) groups excluding carboxylic acids is 1. The van der Waals surface area contributed by atoms with Gasteiger partial charge in [-0.3, -0.25) is 4.79 Å². The maximum absolute atomic E-state index is 13.7. The first-order valence-corrected chi connectivity index (χ1v) is 9.82. The molecule has 0 bridgehead atoms. The van der Waals surface area contributed by atoms with Crippen LogP contribution < -0.4 is 4.74 Å². The quantitative estimate of drug-likeness (QED) is 0.678. The van der Waals surface area contributed by atoms with E-state index < -0.39 is 11.6 Å². The molecule has 0 atom stereocenters. The topological polar surface area (TPSA) is 29.5 Å². The van der Waals surface area contributed by atoms with Crippen molar-refractivity contribution in [3.8, 4) is 5.75 Å². The van der Waals surface area contributed by atoms with Gasteiger partial charge in [-0.2, -0.15) is 0 Å². The van der Waals surface area contributed by atoms with Gasteiger partial charge in [-0.05, 0) is 36.6 Å². The number of hydrogen-bond donors (Lipinski definition) is 0. The molecule has 0 N–H and O–H groups in total. The van der Waals surface area contributed by atoms with Crippen LogP contribution in [0.3, 0.4) is 0 Å². The molecule has 0 unspecified atom stereocenters. The van der Waals surface area contributed by atoms with Crippen molar-refractivity contribution >= 4 is 29.3 Å². The van der Waals surface area contributed by atoms with Crippen molar-refractivity contribution in [2.45, 2.75) is 23.8 Å². The Balaban J connectivity index is 1.62. The van der Waals surface area contributed by atoms with E-state index in [0.29, 0.717) is 36.5 Å². The van der Waals surface area contributed by atoms with Crippen molar-refractivity contribution < 1.29 is 18.3 Å². The Morgan fingerprint density at radius 3 is 2.58 bits per heavy atom. The molecule has 2 aromatic carbocycles. The summed E-state index contributed by atoms with van der Waals surface area (Å²) in [6.07, 6.45) is 2.87. The van der Waals surface area contributed by atoms with Crippen molar-refractivity contribution in [1.82, 2.24) is 4.90 Å². The molecular weight excluding hydrogens is 380 g/mol. The molecule has 1 amide bonds. The number of rotatable bonds is 4. The summed E-state index contributed by atoms with van der Waals surface area (Å²) in [7, 11) is 0. The number of thioether (sulfide) groups is 1. The summed E-state index contributed by atoms with van der Waals surface area (Å²) in [6, 6.07) is 8.66. The molecule has 3 nitrogen and oxygen atoms in total. The molecule has 0 spiro atoms. The Hall–Kier alpha value is -1.79. The average Bonchev–Trinajstić information content (AvgIpc) is 2.64. The highest BCUT2D eigenvalue weighted by Gasteiger charge is 2.26. The molecule has 2 aromatic rings. The molecule has 7 heteroatoms. The van der Waals surface area contributed by atoms with Gasteiger partial charge in [0.25, 0.3) is 5.91 Å². The highest BCUT2D eigenvalue weighted by Crippen LogP contribution is 2.27. The van der Waals surface area contributed by atoms with Crippen molar-refractivity contribution in [3.63, 3.8) is 0 Å². The second-order valence-corrected chi connectivity index (χ2v) is 7.32. The molecule has 1 aliphatic heterocycles. The number of amides is 1. The normalized spacial score (nSPS) is 15.2. The molecule has 1 aliphatic rings. The number of benzene rings is 2. The summed E-state index contributed by atoms with van der Waals surface area (Å²) < 4.78 is 32.3. The molecule has 0 radical (unpaired) electrons. The highest BCUT2D eigenvalue weighted by atomic mass is 35.5. The lowest BCUT2D eigenvalue weighted by atomic mass is 10.1. The van der Waals surface area contributed by atoms with E-state index in [4.69, 9.17) is 16.3 Å². The smallest absolute Gasteiger partial charge is 0.255 e. The Kier molecular flexibility index (Phi) is 6.04. The Bertz CT molecular complexity index is 810. The second kappa shape index (κ2) is 8.27. The third kappa shape index (κ3) is 4.30. The van der Waals surface area contributed by atoms with E-state index >= 15 is 0 Å². The van der Waals surface area contributed by atoms with Gasteiger partial charge in [0, 0.05) is 36.9 Å². The SMILES string of the molecule is CSc1ccc(Cl)c(C(=O)N2CCC(Oc3ccc(F)cc3F)CC2)c1. The number of nitrogens with zero attached hydrogens (tertiary/aromatic N) is 1. The Morgan fingerprint density at radius 2 is 1.92 bits per heavy atom. The molecule has 0 aliphatic carbocycles. The molecule has 0 saturated carbocycles. The third-order valence-corrected chi connectivity index (χ3v) is 5.38. The molecule has 0 aromatic heterocycles. The predicted molar refractivity (Wildman–Crippen MR) is 99.1 cm³/mol. The lowest BCUT2D eigenvalue weighted by Crippen LogP contribution is -2.42. The number of hydrogen-bond acceptors (Lipinski definition) is 3. The van der Waals surface area contributed by atoms with E-state index in [1.165, 1.54) is 6.07 Å². The maximum Gasteiger partial charge on any atom is 0.255 e. The van der Waals surface area contributed by atoms with Gasteiger partial charge in [0.2, 0.25) is 0 Å². The van der Waals surface area contributed by atoms with Crippen LogP contribution in [0.15, 0.2) is 41.3 Å². The number of halogens is 3. The second-order valence-electron chi connectivity index (χ2n) is 6.03. The minimum Gasteiger partial charge on any atom is -0.487 e. The summed E-state index contributed by atoms with van der Waals surface area (Å²) >= 11 is 7.73. The van der Waals surface area contributed by atoms with Crippen LogP contribution in [0, 0.1) is 11.6 Å². The van der Waals surface area contributed by atoms with Crippen molar-refractivity contribution in [1.29, 1.82) is 0 Å². The number of piperidine rings is 1. The highest BCUT2D eigenvalue weighted by molar-refractivity contribution is 7.98. The number of ether oxygens (including phenoxy) is 1.